The van der Waals surface area contributed by atoms with Crippen molar-refractivity contribution in [3.8, 4) is 22.6 Å². The number of hydrogen-bond donors (Lipinski definition) is 0. The van der Waals surface area contributed by atoms with Crippen LogP contribution in [0.1, 0.15) is 47.0 Å². The third-order valence-electron chi connectivity index (χ3n) is 8.61. The van der Waals surface area contributed by atoms with E-state index in [1.807, 2.05) is 73.7 Å². The van der Waals surface area contributed by atoms with Gasteiger partial charge in [-0.25, -0.2) is 4.90 Å². The molecule has 216 valence electrons. The lowest BCUT2D eigenvalue weighted by molar-refractivity contribution is 0.0692. The van der Waals surface area contributed by atoms with Crippen molar-refractivity contribution >= 4 is 50.9 Å². The van der Waals surface area contributed by atoms with E-state index in [9.17, 15) is 19.2 Å². The number of carbonyl (C=O) groups excluding carboxylic acids is 4. The Morgan fingerprint density at radius 1 is 0.511 bits per heavy atom. The van der Waals surface area contributed by atoms with Crippen molar-refractivity contribution in [3.05, 3.63) is 137 Å². The van der Waals surface area contributed by atoms with Gasteiger partial charge >= 0.3 is 0 Å². The van der Waals surface area contributed by atoms with Crippen LogP contribution in [0.4, 0.5) is 5.69 Å². The molecule has 2 aliphatic heterocycles. The average molecular weight is 589 g/mol. The zero-order valence-corrected chi connectivity index (χ0v) is 24.3. The summed E-state index contributed by atoms with van der Waals surface area (Å²) in [5.41, 5.74) is 4.16. The molecule has 6 aromatic carbocycles. The van der Waals surface area contributed by atoms with Crippen molar-refractivity contribution in [1.82, 2.24) is 4.90 Å². The Balaban J connectivity index is 1.23. The number of aryl methyl sites for hydroxylation is 1. The predicted octanol–water partition coefficient (Wildman–Crippen LogP) is 7.79. The number of rotatable bonds is 4. The summed E-state index contributed by atoms with van der Waals surface area (Å²) in [5.74, 6) is -0.311. The molecule has 0 radical (unpaired) electrons. The number of imide groups is 2. The number of amides is 4. The Bertz CT molecular complexity index is 2290. The molecule has 0 saturated heterocycles. The van der Waals surface area contributed by atoms with Gasteiger partial charge in [-0.15, -0.1) is 0 Å². The Kier molecular flexibility index (Phi) is 5.73. The maximum atomic E-state index is 13.8. The minimum Gasteiger partial charge on any atom is -0.457 e. The van der Waals surface area contributed by atoms with E-state index < -0.39 is 11.8 Å². The first-order chi connectivity index (χ1) is 21.8. The normalized spacial score (nSPS) is 14.1. The first-order valence-corrected chi connectivity index (χ1v) is 14.5. The largest absolute Gasteiger partial charge is 0.457 e. The highest BCUT2D eigenvalue weighted by atomic mass is 16.5. The minimum absolute atomic E-state index is 0.274. The molecule has 0 aromatic heterocycles. The number of benzene rings is 6. The molecule has 6 aromatic rings. The van der Waals surface area contributed by atoms with Gasteiger partial charge in [-0.1, -0.05) is 60.2 Å². The van der Waals surface area contributed by atoms with Crippen molar-refractivity contribution in [2.75, 3.05) is 11.9 Å². The molecular weight excluding hydrogens is 564 g/mol. The summed E-state index contributed by atoms with van der Waals surface area (Å²) in [5, 5.41) is 3.09. The molecule has 0 saturated carbocycles. The lowest BCUT2D eigenvalue weighted by Gasteiger charge is -2.15. The van der Waals surface area contributed by atoms with E-state index in [1.54, 1.807) is 42.5 Å². The molecule has 2 heterocycles. The first-order valence-electron chi connectivity index (χ1n) is 14.5. The summed E-state index contributed by atoms with van der Waals surface area (Å²) in [7, 11) is 1.48. The zero-order chi connectivity index (χ0) is 31.0. The molecule has 0 unspecified atom stereocenters. The third kappa shape index (κ3) is 3.98. The molecular formula is C38H24N2O5. The van der Waals surface area contributed by atoms with E-state index in [1.165, 1.54) is 11.9 Å². The van der Waals surface area contributed by atoms with E-state index in [0.717, 1.165) is 26.6 Å². The number of nitrogens with zero attached hydrogens (tertiary/aromatic N) is 2. The fourth-order valence-corrected chi connectivity index (χ4v) is 6.33. The fourth-order valence-electron chi connectivity index (χ4n) is 6.33. The predicted molar refractivity (Wildman–Crippen MR) is 172 cm³/mol. The van der Waals surface area contributed by atoms with Gasteiger partial charge in [0.1, 0.15) is 11.5 Å². The van der Waals surface area contributed by atoms with Gasteiger partial charge in [0.15, 0.2) is 0 Å². The number of ether oxygens (including phenoxy) is 1. The molecule has 45 heavy (non-hydrogen) atoms. The van der Waals surface area contributed by atoms with Crippen LogP contribution < -0.4 is 9.64 Å². The maximum Gasteiger partial charge on any atom is 0.266 e. The van der Waals surface area contributed by atoms with Gasteiger partial charge in [0, 0.05) is 12.6 Å². The van der Waals surface area contributed by atoms with Gasteiger partial charge in [0.25, 0.3) is 23.6 Å². The van der Waals surface area contributed by atoms with E-state index in [2.05, 4.69) is 0 Å². The van der Waals surface area contributed by atoms with Crippen LogP contribution in [-0.2, 0) is 0 Å². The molecule has 7 heteroatoms. The summed E-state index contributed by atoms with van der Waals surface area (Å²) in [6, 6.07) is 33.0. The second kappa shape index (κ2) is 9.72. The Morgan fingerprint density at radius 2 is 1.11 bits per heavy atom. The average Bonchev–Trinajstić information content (AvgIpc) is 3.43. The van der Waals surface area contributed by atoms with Gasteiger partial charge < -0.3 is 4.74 Å². The molecule has 0 N–H and O–H groups in total. The van der Waals surface area contributed by atoms with E-state index in [-0.39, 0.29) is 17.4 Å². The summed E-state index contributed by atoms with van der Waals surface area (Å²) >= 11 is 0. The fraction of sp³-hybridized carbons (Fsp3) is 0.0526. The lowest BCUT2D eigenvalue weighted by atomic mass is 9.87. The smallest absolute Gasteiger partial charge is 0.266 e. The summed E-state index contributed by atoms with van der Waals surface area (Å²) in [6.07, 6.45) is 0. The molecule has 0 fully saturated rings. The Labute approximate surface area is 257 Å². The van der Waals surface area contributed by atoms with Crippen molar-refractivity contribution in [1.29, 1.82) is 0 Å². The summed E-state index contributed by atoms with van der Waals surface area (Å²) in [6.45, 7) is 2.00. The quantitative estimate of drug-likeness (QED) is 0.196. The first kappa shape index (κ1) is 26.5. The Morgan fingerprint density at radius 3 is 1.84 bits per heavy atom. The van der Waals surface area contributed by atoms with Crippen LogP contribution in [0, 0.1) is 6.92 Å². The number of hydrogen-bond acceptors (Lipinski definition) is 5. The standard InChI is InChI=1S/C38H24N2O5/c1-21-10-14-25(15-11-21)45-26-16-12-24(13-17-26)40-36(42)30-18-23-7-5-9-28(29(23)20-31(30)37(40)43)33-27-8-4-3-6-22(27)19-32-34(33)38(44)39(2)35(32)41/h3-20H,1-2H3. The highest BCUT2D eigenvalue weighted by Crippen LogP contribution is 2.43. The van der Waals surface area contributed by atoms with Gasteiger partial charge in [-0.3, -0.25) is 24.1 Å². The topological polar surface area (TPSA) is 84.0 Å². The van der Waals surface area contributed by atoms with Crippen LogP contribution in [0.5, 0.6) is 11.5 Å². The van der Waals surface area contributed by atoms with Crippen LogP contribution in [0.15, 0.2) is 109 Å². The van der Waals surface area contributed by atoms with Crippen LogP contribution in [0.2, 0.25) is 0 Å². The van der Waals surface area contributed by atoms with Crippen molar-refractivity contribution in [3.63, 3.8) is 0 Å². The van der Waals surface area contributed by atoms with E-state index >= 15 is 0 Å². The molecule has 2 aliphatic rings. The van der Waals surface area contributed by atoms with Gasteiger partial charge in [-0.2, -0.15) is 0 Å². The molecule has 0 atom stereocenters. The lowest BCUT2D eigenvalue weighted by Crippen LogP contribution is -2.29. The number of anilines is 1. The highest BCUT2D eigenvalue weighted by molar-refractivity contribution is 6.36. The van der Waals surface area contributed by atoms with Crippen molar-refractivity contribution < 1.29 is 23.9 Å². The number of carbonyl (C=O) groups is 4. The third-order valence-corrected chi connectivity index (χ3v) is 8.61. The maximum absolute atomic E-state index is 13.8. The second-order valence-electron chi connectivity index (χ2n) is 11.3. The summed E-state index contributed by atoms with van der Waals surface area (Å²) in [4.78, 5) is 56.2. The summed E-state index contributed by atoms with van der Waals surface area (Å²) < 4.78 is 5.92. The van der Waals surface area contributed by atoms with E-state index in [0.29, 0.717) is 50.4 Å². The minimum atomic E-state index is -0.437. The second-order valence-corrected chi connectivity index (χ2v) is 11.3. The SMILES string of the molecule is Cc1ccc(Oc2ccc(N3C(=O)c4cc5cccc(-c6c7c(cc8ccccc68)C(=O)N(C)C7=O)c5cc4C3=O)cc2)cc1. The van der Waals surface area contributed by atoms with Gasteiger partial charge in [0.05, 0.1) is 27.9 Å². The molecule has 8 rings (SSSR count). The van der Waals surface area contributed by atoms with Crippen LogP contribution in [0.3, 0.4) is 0 Å². The molecule has 7 nitrogen and oxygen atoms in total. The molecule has 0 bridgehead atoms. The van der Waals surface area contributed by atoms with Crippen molar-refractivity contribution in [2.45, 2.75) is 6.92 Å². The van der Waals surface area contributed by atoms with Gasteiger partial charge in [-0.05, 0) is 88.6 Å². The zero-order valence-electron chi connectivity index (χ0n) is 24.3. The van der Waals surface area contributed by atoms with Gasteiger partial charge in [0.2, 0.25) is 0 Å². The monoisotopic (exact) mass is 588 g/mol. The number of fused-ring (bicyclic) bond motifs is 4. The van der Waals surface area contributed by atoms with Crippen LogP contribution in [0.25, 0.3) is 32.7 Å². The molecule has 0 aliphatic carbocycles. The van der Waals surface area contributed by atoms with Crippen LogP contribution in [-0.4, -0.2) is 35.6 Å². The Hall–Kier alpha value is -6.08. The highest BCUT2D eigenvalue weighted by Gasteiger charge is 2.39. The van der Waals surface area contributed by atoms with Crippen molar-refractivity contribution in [2.24, 2.45) is 0 Å². The molecule has 4 amide bonds. The van der Waals surface area contributed by atoms with E-state index in [4.69, 9.17) is 4.74 Å². The van der Waals surface area contributed by atoms with Crippen LogP contribution >= 0.6 is 0 Å². The molecule has 0 spiro atoms.